The molecule has 6 heteroatoms. The first-order valence-corrected chi connectivity index (χ1v) is 6.90. The molecule has 1 atom stereocenters. The minimum absolute atomic E-state index is 0.333. The molecule has 0 heterocycles. The zero-order chi connectivity index (χ0) is 15.7. The fourth-order valence-electron chi connectivity index (χ4n) is 1.67. The van der Waals surface area contributed by atoms with Crippen LogP contribution in [0.2, 0.25) is 0 Å². The van der Waals surface area contributed by atoms with E-state index in [1.54, 1.807) is 30.3 Å². The van der Waals surface area contributed by atoms with Gasteiger partial charge in [-0.25, -0.2) is 9.59 Å². The van der Waals surface area contributed by atoms with Crippen LogP contribution in [0.3, 0.4) is 0 Å². The first kappa shape index (κ1) is 17.0. The summed E-state index contributed by atoms with van der Waals surface area (Å²) in [5.74, 6) is -0.666. The lowest BCUT2D eigenvalue weighted by Gasteiger charge is -2.15. The molecule has 6 nitrogen and oxygen atoms in total. The van der Waals surface area contributed by atoms with Crippen molar-refractivity contribution in [1.82, 2.24) is 10.6 Å². The third-order valence-electron chi connectivity index (χ3n) is 2.64. The number of ether oxygens (including phenoxy) is 1. The predicted octanol–water partition coefficient (Wildman–Crippen LogP) is 1.78. The number of nitrogens with one attached hydrogen (secondary N) is 2. The summed E-state index contributed by atoms with van der Waals surface area (Å²) in [6, 6.07) is 6.96. The van der Waals surface area contributed by atoms with Gasteiger partial charge in [0.2, 0.25) is 0 Å². The molecular formula is C15H22N2O4. The Hall–Kier alpha value is -2.08. The molecule has 0 bridgehead atoms. The van der Waals surface area contributed by atoms with Gasteiger partial charge in [-0.2, -0.15) is 0 Å². The molecule has 3 N–H and O–H groups in total. The summed E-state index contributed by atoms with van der Waals surface area (Å²) >= 11 is 0. The Morgan fingerprint density at radius 1 is 1.24 bits per heavy atom. The summed E-state index contributed by atoms with van der Waals surface area (Å²) in [6.45, 7) is 5.44. The molecule has 1 aromatic rings. The maximum Gasteiger partial charge on any atom is 0.330 e. The summed E-state index contributed by atoms with van der Waals surface area (Å²) in [6.07, 6.45) is 0. The van der Waals surface area contributed by atoms with Crippen molar-refractivity contribution < 1.29 is 19.4 Å². The van der Waals surface area contributed by atoms with Crippen LogP contribution in [0.25, 0.3) is 0 Å². The number of carbonyl (C=O) groups excluding carboxylic acids is 1. The van der Waals surface area contributed by atoms with Gasteiger partial charge in [0.05, 0.1) is 6.61 Å². The van der Waals surface area contributed by atoms with Gasteiger partial charge >= 0.3 is 12.0 Å². The number of rotatable bonds is 8. The number of benzene rings is 1. The van der Waals surface area contributed by atoms with E-state index in [-0.39, 0.29) is 0 Å². The Balaban J connectivity index is 2.39. The van der Waals surface area contributed by atoms with E-state index in [2.05, 4.69) is 10.6 Å². The van der Waals surface area contributed by atoms with Crippen LogP contribution in [0.1, 0.15) is 25.5 Å². The van der Waals surface area contributed by atoms with Gasteiger partial charge in [0.15, 0.2) is 6.04 Å². The van der Waals surface area contributed by atoms with Crippen LogP contribution in [0, 0.1) is 5.92 Å². The average molecular weight is 294 g/mol. The summed E-state index contributed by atoms with van der Waals surface area (Å²) in [7, 11) is 0. The first-order valence-electron chi connectivity index (χ1n) is 6.90. The molecule has 0 radical (unpaired) electrons. The number of aliphatic carboxylic acids is 1. The smallest absolute Gasteiger partial charge is 0.330 e. The lowest BCUT2D eigenvalue weighted by molar-refractivity contribution is -0.139. The number of amides is 2. The number of carboxylic acids is 1. The molecule has 0 aliphatic rings. The molecule has 0 saturated carbocycles. The van der Waals surface area contributed by atoms with Crippen LogP contribution in [0.5, 0.6) is 0 Å². The van der Waals surface area contributed by atoms with Gasteiger partial charge in [-0.3, -0.25) is 0 Å². The lowest BCUT2D eigenvalue weighted by atomic mass is 10.1. The van der Waals surface area contributed by atoms with Crippen molar-refractivity contribution in [2.45, 2.75) is 19.9 Å². The zero-order valence-corrected chi connectivity index (χ0v) is 12.3. The fourth-order valence-corrected chi connectivity index (χ4v) is 1.67. The first-order chi connectivity index (χ1) is 10.0. The highest BCUT2D eigenvalue weighted by Gasteiger charge is 2.21. The third-order valence-corrected chi connectivity index (χ3v) is 2.64. The Morgan fingerprint density at radius 3 is 2.48 bits per heavy atom. The lowest BCUT2D eigenvalue weighted by Crippen LogP contribution is -2.42. The number of carbonyl (C=O) groups is 2. The van der Waals surface area contributed by atoms with E-state index in [1.807, 2.05) is 13.8 Å². The standard InChI is InChI=1S/C15H22N2O4/c1-11(2)10-21-9-8-16-15(20)17-13(14(18)19)12-6-4-3-5-7-12/h3-7,11,13H,8-10H2,1-2H3,(H,18,19)(H2,16,17,20)/t13-/m0/s1. The van der Waals surface area contributed by atoms with Gasteiger partial charge in [0.1, 0.15) is 0 Å². The van der Waals surface area contributed by atoms with E-state index < -0.39 is 18.0 Å². The molecule has 1 rings (SSSR count). The van der Waals surface area contributed by atoms with Gasteiger partial charge in [-0.05, 0) is 11.5 Å². The maximum atomic E-state index is 11.7. The van der Waals surface area contributed by atoms with E-state index in [0.717, 1.165) is 0 Å². The summed E-state index contributed by atoms with van der Waals surface area (Å²) in [4.78, 5) is 22.9. The number of carboxylic acid groups (broad SMARTS) is 1. The van der Waals surface area contributed by atoms with Crippen molar-refractivity contribution in [2.24, 2.45) is 5.92 Å². The van der Waals surface area contributed by atoms with E-state index in [1.165, 1.54) is 0 Å². The van der Waals surface area contributed by atoms with Gasteiger partial charge in [0, 0.05) is 13.2 Å². The summed E-state index contributed by atoms with van der Waals surface area (Å²) in [5.41, 5.74) is 0.524. The van der Waals surface area contributed by atoms with E-state index >= 15 is 0 Å². The number of hydrogen-bond donors (Lipinski definition) is 3. The van der Waals surface area contributed by atoms with E-state index in [0.29, 0.717) is 31.2 Å². The summed E-state index contributed by atoms with van der Waals surface area (Å²) < 4.78 is 5.32. The average Bonchev–Trinajstić information content (AvgIpc) is 2.44. The van der Waals surface area contributed by atoms with Crippen molar-refractivity contribution in [3.8, 4) is 0 Å². The van der Waals surface area contributed by atoms with Gasteiger partial charge < -0.3 is 20.5 Å². The zero-order valence-electron chi connectivity index (χ0n) is 12.3. The van der Waals surface area contributed by atoms with Crippen molar-refractivity contribution >= 4 is 12.0 Å². The topological polar surface area (TPSA) is 87.7 Å². The van der Waals surface area contributed by atoms with Crippen LogP contribution in [-0.2, 0) is 9.53 Å². The molecule has 0 aromatic heterocycles. The molecule has 21 heavy (non-hydrogen) atoms. The normalized spacial score (nSPS) is 12.0. The second-order valence-electron chi connectivity index (χ2n) is 5.05. The Morgan fingerprint density at radius 2 is 1.90 bits per heavy atom. The summed E-state index contributed by atoms with van der Waals surface area (Å²) in [5, 5.41) is 14.2. The molecule has 1 aromatic carbocycles. The Kier molecular flexibility index (Phi) is 7.25. The van der Waals surface area contributed by atoms with Crippen LogP contribution >= 0.6 is 0 Å². The van der Waals surface area contributed by atoms with Crippen molar-refractivity contribution in [2.75, 3.05) is 19.8 Å². The predicted molar refractivity (Wildman–Crippen MR) is 79.0 cm³/mol. The highest BCUT2D eigenvalue weighted by molar-refractivity contribution is 5.83. The molecule has 2 amide bonds. The fraction of sp³-hybridized carbons (Fsp3) is 0.467. The molecule has 0 fully saturated rings. The van der Waals surface area contributed by atoms with Crippen LogP contribution in [0.4, 0.5) is 4.79 Å². The van der Waals surface area contributed by atoms with E-state index in [4.69, 9.17) is 4.74 Å². The largest absolute Gasteiger partial charge is 0.479 e. The second-order valence-corrected chi connectivity index (χ2v) is 5.05. The minimum atomic E-state index is -1.10. The third kappa shape index (κ3) is 6.76. The molecule has 0 aliphatic carbocycles. The SMILES string of the molecule is CC(C)COCCNC(=O)N[C@H](C(=O)O)c1ccccc1. The van der Waals surface area contributed by atoms with Crippen LogP contribution < -0.4 is 10.6 Å². The monoisotopic (exact) mass is 294 g/mol. The van der Waals surface area contributed by atoms with Gasteiger partial charge in [-0.1, -0.05) is 44.2 Å². The molecule has 0 saturated heterocycles. The van der Waals surface area contributed by atoms with Gasteiger partial charge in [0.25, 0.3) is 0 Å². The number of urea groups is 1. The highest BCUT2D eigenvalue weighted by atomic mass is 16.5. The van der Waals surface area contributed by atoms with Crippen molar-refractivity contribution in [1.29, 1.82) is 0 Å². The Bertz CT molecular complexity index is 448. The molecule has 116 valence electrons. The van der Waals surface area contributed by atoms with Crippen molar-refractivity contribution in [3.05, 3.63) is 35.9 Å². The maximum absolute atomic E-state index is 11.7. The minimum Gasteiger partial charge on any atom is -0.479 e. The molecular weight excluding hydrogens is 272 g/mol. The number of hydrogen-bond acceptors (Lipinski definition) is 3. The van der Waals surface area contributed by atoms with Crippen LogP contribution in [-0.4, -0.2) is 36.9 Å². The van der Waals surface area contributed by atoms with Gasteiger partial charge in [-0.15, -0.1) is 0 Å². The Labute approximate surface area is 124 Å². The molecule has 0 aliphatic heterocycles. The van der Waals surface area contributed by atoms with Crippen LogP contribution in [0.15, 0.2) is 30.3 Å². The van der Waals surface area contributed by atoms with E-state index in [9.17, 15) is 14.7 Å². The van der Waals surface area contributed by atoms with Crippen molar-refractivity contribution in [3.63, 3.8) is 0 Å². The quantitative estimate of drug-likeness (QED) is 0.638. The highest BCUT2D eigenvalue weighted by Crippen LogP contribution is 2.12. The molecule has 0 unspecified atom stereocenters. The second kappa shape index (κ2) is 8.97. The molecule has 0 spiro atoms.